The highest BCUT2D eigenvalue weighted by Crippen LogP contribution is 2.34. The SMILES string of the molecule is O=C(NC(=S)Nc1cc(-c2nc3ccccc3o2)ccc1Cl)c1ccc(-c2cccc(Cl)c2Cl)o1. The van der Waals surface area contributed by atoms with Gasteiger partial charge in [0, 0.05) is 11.1 Å². The van der Waals surface area contributed by atoms with Crippen molar-refractivity contribution in [1.29, 1.82) is 0 Å². The number of carbonyl (C=O) groups is 1. The molecule has 2 N–H and O–H groups in total. The van der Waals surface area contributed by atoms with E-state index in [0.717, 1.165) is 5.52 Å². The number of fused-ring (bicyclic) bond motifs is 1. The number of anilines is 1. The van der Waals surface area contributed by atoms with E-state index in [4.69, 9.17) is 55.9 Å². The van der Waals surface area contributed by atoms with Crippen LogP contribution in [0.1, 0.15) is 10.6 Å². The first-order chi connectivity index (χ1) is 16.9. The number of para-hydroxylation sites is 2. The van der Waals surface area contributed by atoms with Crippen LogP contribution in [0.25, 0.3) is 33.9 Å². The topological polar surface area (TPSA) is 80.3 Å². The summed E-state index contributed by atoms with van der Waals surface area (Å²) >= 11 is 23.9. The number of oxazole rings is 1. The first kappa shape index (κ1) is 23.4. The number of hydrogen-bond donors (Lipinski definition) is 2. The average Bonchev–Trinajstić information content (AvgIpc) is 3.50. The largest absolute Gasteiger partial charge is 0.451 e. The predicted molar refractivity (Wildman–Crippen MR) is 142 cm³/mol. The van der Waals surface area contributed by atoms with Crippen molar-refractivity contribution in [2.45, 2.75) is 0 Å². The molecule has 0 unspecified atom stereocenters. The van der Waals surface area contributed by atoms with Crippen LogP contribution < -0.4 is 10.6 Å². The van der Waals surface area contributed by atoms with Crippen molar-refractivity contribution in [3.63, 3.8) is 0 Å². The highest BCUT2D eigenvalue weighted by molar-refractivity contribution is 7.80. The van der Waals surface area contributed by atoms with Gasteiger partial charge in [-0.15, -0.1) is 0 Å². The Balaban J connectivity index is 1.30. The predicted octanol–water partition coefficient (Wildman–Crippen LogP) is 7.84. The van der Waals surface area contributed by atoms with Gasteiger partial charge in [0.2, 0.25) is 5.89 Å². The molecule has 0 aliphatic rings. The van der Waals surface area contributed by atoms with E-state index in [1.807, 2.05) is 24.3 Å². The number of hydrogen-bond acceptors (Lipinski definition) is 5. The van der Waals surface area contributed by atoms with Gasteiger partial charge in [-0.2, -0.15) is 0 Å². The van der Waals surface area contributed by atoms with E-state index in [-0.39, 0.29) is 10.9 Å². The van der Waals surface area contributed by atoms with Gasteiger partial charge in [-0.3, -0.25) is 10.1 Å². The Bertz CT molecular complexity index is 1560. The second-order valence-corrected chi connectivity index (χ2v) is 8.96. The number of nitrogens with zero attached hydrogens (tertiary/aromatic N) is 1. The Morgan fingerprint density at radius 1 is 0.886 bits per heavy atom. The average molecular weight is 543 g/mol. The number of nitrogens with one attached hydrogen (secondary N) is 2. The Morgan fingerprint density at radius 3 is 2.54 bits per heavy atom. The minimum absolute atomic E-state index is 0.0327. The third kappa shape index (κ3) is 4.90. The number of carbonyl (C=O) groups excluding carboxylic acids is 1. The zero-order valence-electron chi connectivity index (χ0n) is 17.6. The van der Waals surface area contributed by atoms with Gasteiger partial charge in [-0.25, -0.2) is 4.98 Å². The first-order valence-electron chi connectivity index (χ1n) is 10.2. The van der Waals surface area contributed by atoms with Crippen LogP contribution in [0, 0.1) is 0 Å². The lowest BCUT2D eigenvalue weighted by atomic mass is 10.2. The molecular weight excluding hydrogens is 529 g/mol. The maximum atomic E-state index is 12.7. The van der Waals surface area contributed by atoms with Crippen LogP contribution in [0.4, 0.5) is 5.69 Å². The van der Waals surface area contributed by atoms with Crippen molar-refractivity contribution in [3.05, 3.63) is 93.6 Å². The van der Waals surface area contributed by atoms with Crippen molar-refractivity contribution < 1.29 is 13.6 Å². The van der Waals surface area contributed by atoms with Crippen molar-refractivity contribution in [3.8, 4) is 22.8 Å². The number of halogens is 3. The molecule has 5 aromatic rings. The smallest absolute Gasteiger partial charge is 0.293 e. The lowest BCUT2D eigenvalue weighted by Crippen LogP contribution is -2.34. The summed E-state index contributed by atoms with van der Waals surface area (Å²) in [6, 6.07) is 21.0. The lowest BCUT2D eigenvalue weighted by molar-refractivity contribution is 0.0951. The summed E-state index contributed by atoms with van der Waals surface area (Å²) < 4.78 is 11.5. The van der Waals surface area contributed by atoms with Crippen LogP contribution in [0.15, 0.2) is 81.6 Å². The summed E-state index contributed by atoms with van der Waals surface area (Å²) in [7, 11) is 0. The van der Waals surface area contributed by atoms with Gasteiger partial charge in [-0.1, -0.05) is 53.0 Å². The molecule has 0 spiro atoms. The fourth-order valence-electron chi connectivity index (χ4n) is 3.37. The maximum Gasteiger partial charge on any atom is 0.293 e. The third-order valence-electron chi connectivity index (χ3n) is 5.03. The monoisotopic (exact) mass is 541 g/mol. The van der Waals surface area contributed by atoms with Gasteiger partial charge in [-0.05, 0) is 66.8 Å². The van der Waals surface area contributed by atoms with E-state index in [2.05, 4.69) is 15.6 Å². The van der Waals surface area contributed by atoms with Gasteiger partial charge in [0.15, 0.2) is 16.5 Å². The molecule has 5 rings (SSSR count). The second-order valence-electron chi connectivity index (χ2n) is 7.35. The second kappa shape index (κ2) is 9.71. The minimum atomic E-state index is -0.543. The number of amides is 1. The van der Waals surface area contributed by atoms with E-state index in [9.17, 15) is 4.79 Å². The molecule has 2 aromatic heterocycles. The normalized spacial score (nSPS) is 10.9. The molecule has 3 aromatic carbocycles. The molecule has 0 atom stereocenters. The van der Waals surface area contributed by atoms with Crippen molar-refractivity contribution in [1.82, 2.24) is 10.3 Å². The Morgan fingerprint density at radius 2 is 1.71 bits per heavy atom. The number of thiocarbonyl (C=S) groups is 1. The summed E-state index contributed by atoms with van der Waals surface area (Å²) in [4.78, 5) is 17.2. The van der Waals surface area contributed by atoms with Crippen LogP contribution in [0.3, 0.4) is 0 Å². The molecule has 2 heterocycles. The van der Waals surface area contributed by atoms with E-state index in [0.29, 0.717) is 49.1 Å². The molecule has 35 heavy (non-hydrogen) atoms. The van der Waals surface area contributed by atoms with Gasteiger partial charge >= 0.3 is 0 Å². The fourth-order valence-corrected chi connectivity index (χ4v) is 4.13. The van der Waals surface area contributed by atoms with E-state index >= 15 is 0 Å². The molecule has 0 aliphatic heterocycles. The molecule has 0 saturated heterocycles. The van der Waals surface area contributed by atoms with Crippen LogP contribution in [0.2, 0.25) is 15.1 Å². The summed E-state index contributed by atoms with van der Waals surface area (Å²) in [5, 5.41) is 6.65. The molecule has 0 aliphatic carbocycles. The highest BCUT2D eigenvalue weighted by Gasteiger charge is 2.17. The summed E-state index contributed by atoms with van der Waals surface area (Å²) in [6.07, 6.45) is 0. The number of aromatic nitrogens is 1. The number of furan rings is 1. The lowest BCUT2D eigenvalue weighted by Gasteiger charge is -2.11. The molecular formula is C25H14Cl3N3O3S. The first-order valence-corrected chi connectivity index (χ1v) is 11.8. The van der Waals surface area contributed by atoms with Gasteiger partial charge in [0.1, 0.15) is 11.3 Å². The molecule has 0 bridgehead atoms. The Kier molecular flexibility index (Phi) is 6.49. The van der Waals surface area contributed by atoms with E-state index < -0.39 is 5.91 Å². The Hall–Kier alpha value is -3.36. The molecule has 0 fully saturated rings. The van der Waals surface area contributed by atoms with Crippen LogP contribution in [0.5, 0.6) is 0 Å². The summed E-state index contributed by atoms with van der Waals surface area (Å²) in [5.74, 6) is 0.337. The molecule has 0 saturated carbocycles. The number of benzene rings is 3. The van der Waals surface area contributed by atoms with Gasteiger partial charge in [0.05, 0.1) is 20.8 Å². The summed E-state index contributed by atoms with van der Waals surface area (Å²) in [5.41, 5.74) is 3.15. The van der Waals surface area contributed by atoms with Crippen LogP contribution in [-0.2, 0) is 0 Å². The zero-order valence-corrected chi connectivity index (χ0v) is 20.7. The maximum absolute atomic E-state index is 12.7. The highest BCUT2D eigenvalue weighted by atomic mass is 35.5. The number of rotatable bonds is 4. The molecule has 1 amide bonds. The third-order valence-corrected chi connectivity index (χ3v) is 6.38. The molecule has 6 nitrogen and oxygen atoms in total. The van der Waals surface area contributed by atoms with E-state index in [1.165, 1.54) is 6.07 Å². The van der Waals surface area contributed by atoms with Crippen molar-refractivity contribution >= 4 is 74.8 Å². The molecule has 174 valence electrons. The Labute approximate surface area is 219 Å². The fraction of sp³-hybridized carbons (Fsp3) is 0. The quantitative estimate of drug-likeness (QED) is 0.225. The standard InChI is InChI=1S/C25H14Cl3N3O3S/c26-15-9-8-13(24-29-17-6-1-2-7-20(17)34-24)12-18(15)30-25(35)31-23(32)21-11-10-19(33-21)14-4-3-5-16(27)22(14)28/h1-12H,(H2,30,31,32,35). The molecule has 10 heteroatoms. The van der Waals surface area contributed by atoms with Gasteiger partial charge < -0.3 is 14.2 Å². The van der Waals surface area contributed by atoms with Gasteiger partial charge in [0.25, 0.3) is 5.91 Å². The minimum Gasteiger partial charge on any atom is -0.451 e. The van der Waals surface area contributed by atoms with Crippen LogP contribution >= 0.6 is 47.0 Å². The summed E-state index contributed by atoms with van der Waals surface area (Å²) in [6.45, 7) is 0. The molecule has 0 radical (unpaired) electrons. The van der Waals surface area contributed by atoms with E-state index in [1.54, 1.807) is 42.5 Å². The van der Waals surface area contributed by atoms with Crippen LogP contribution in [-0.4, -0.2) is 16.0 Å². The van der Waals surface area contributed by atoms with Crippen molar-refractivity contribution in [2.75, 3.05) is 5.32 Å². The zero-order chi connectivity index (χ0) is 24.5. The van der Waals surface area contributed by atoms with Crippen molar-refractivity contribution in [2.24, 2.45) is 0 Å².